The van der Waals surface area contributed by atoms with Crippen molar-refractivity contribution in [3.05, 3.63) is 29.8 Å². The number of aryl methyl sites for hydroxylation is 1. The molecule has 2 aliphatic heterocycles. The Morgan fingerprint density at radius 2 is 2.03 bits per heavy atom. The number of amidine groups is 1. The number of rotatable bonds is 3. The molecule has 2 aliphatic rings. The summed E-state index contributed by atoms with van der Waals surface area (Å²) < 4.78 is 29.3. The van der Waals surface area contributed by atoms with Gasteiger partial charge in [-0.15, -0.1) is 0 Å². The van der Waals surface area contributed by atoms with E-state index in [4.69, 9.17) is 4.74 Å². The predicted octanol–water partition coefficient (Wildman–Crippen LogP) is 2.12. The largest absolute Gasteiger partial charge is 0.444 e. The van der Waals surface area contributed by atoms with Gasteiger partial charge in [-0.1, -0.05) is 23.9 Å². The van der Waals surface area contributed by atoms with Crippen LogP contribution in [0.3, 0.4) is 0 Å². The number of sulfone groups is 1. The number of nitrogens with zero attached hydrogens (tertiary/aromatic N) is 2. The van der Waals surface area contributed by atoms with E-state index in [-0.39, 0.29) is 29.3 Å². The maximum absolute atomic E-state index is 12.3. The smallest absolute Gasteiger partial charge is 0.408 e. The van der Waals surface area contributed by atoms with Crippen LogP contribution >= 0.6 is 11.8 Å². The fourth-order valence-corrected chi connectivity index (χ4v) is 7.18. The lowest BCUT2D eigenvalue weighted by Crippen LogP contribution is -2.38. The highest BCUT2D eigenvalue weighted by molar-refractivity contribution is 8.16. The second-order valence-corrected chi connectivity index (χ2v) is 11.5. The number of hydrogen-bond donors (Lipinski definition) is 1. The molecule has 0 spiro atoms. The third-order valence-electron chi connectivity index (χ3n) is 4.35. The number of thioether (sulfide) groups is 1. The monoisotopic (exact) mass is 439 g/mol. The lowest BCUT2D eigenvalue weighted by molar-refractivity contribution is -0.117. The number of fused-ring (bicyclic) bond motifs is 1. The number of carbonyl (C=O) groups is 2. The molecule has 2 fully saturated rings. The zero-order valence-electron chi connectivity index (χ0n) is 16.8. The van der Waals surface area contributed by atoms with E-state index in [9.17, 15) is 18.0 Å². The highest BCUT2D eigenvalue weighted by Gasteiger charge is 2.49. The van der Waals surface area contributed by atoms with Crippen molar-refractivity contribution in [2.45, 2.75) is 44.6 Å². The topological polar surface area (TPSA) is 105 Å². The normalized spacial score (nSPS) is 24.4. The SMILES string of the molecule is Cc1cccc(N2C(=NC(=O)CNC(=O)OC(C)(C)C)S[C@@H]3CS(=O)(=O)C[C@@H]32)c1. The second-order valence-electron chi connectivity index (χ2n) is 8.15. The van der Waals surface area contributed by atoms with E-state index < -0.39 is 27.4 Å². The predicted molar refractivity (Wildman–Crippen MR) is 114 cm³/mol. The van der Waals surface area contributed by atoms with Crippen LogP contribution in [0.4, 0.5) is 10.5 Å². The van der Waals surface area contributed by atoms with Crippen LogP contribution in [0.15, 0.2) is 29.3 Å². The molecule has 0 aliphatic carbocycles. The van der Waals surface area contributed by atoms with E-state index in [0.717, 1.165) is 11.3 Å². The molecule has 1 N–H and O–H groups in total. The summed E-state index contributed by atoms with van der Waals surface area (Å²) in [6.45, 7) is 6.85. The lowest BCUT2D eigenvalue weighted by atomic mass is 10.1. The van der Waals surface area contributed by atoms with Gasteiger partial charge in [-0.25, -0.2) is 13.2 Å². The first-order valence-electron chi connectivity index (χ1n) is 9.25. The Labute approximate surface area is 175 Å². The number of nitrogens with one attached hydrogen (secondary N) is 1. The van der Waals surface area contributed by atoms with Gasteiger partial charge in [0.2, 0.25) is 0 Å². The number of aliphatic imine (C=N–C) groups is 1. The first-order valence-corrected chi connectivity index (χ1v) is 11.9. The third kappa shape index (κ3) is 5.51. The number of amides is 2. The third-order valence-corrected chi connectivity index (χ3v) is 7.56. The van der Waals surface area contributed by atoms with Crippen molar-refractivity contribution in [2.24, 2.45) is 4.99 Å². The summed E-state index contributed by atoms with van der Waals surface area (Å²) in [5, 5.41) is 2.68. The molecular formula is C19H25N3O5S2. The lowest BCUT2D eigenvalue weighted by Gasteiger charge is -2.24. The molecule has 0 bridgehead atoms. The molecule has 158 valence electrons. The Morgan fingerprint density at radius 1 is 1.31 bits per heavy atom. The van der Waals surface area contributed by atoms with Gasteiger partial charge >= 0.3 is 6.09 Å². The number of carbonyl (C=O) groups excluding carboxylic acids is 2. The highest BCUT2D eigenvalue weighted by atomic mass is 32.2. The summed E-state index contributed by atoms with van der Waals surface area (Å²) in [5.41, 5.74) is 1.16. The van der Waals surface area contributed by atoms with Crippen LogP contribution in [-0.4, -0.2) is 60.5 Å². The number of ether oxygens (including phenoxy) is 1. The fourth-order valence-electron chi connectivity index (χ4n) is 3.25. The molecule has 0 saturated carbocycles. The van der Waals surface area contributed by atoms with Gasteiger partial charge in [0.15, 0.2) is 15.0 Å². The van der Waals surface area contributed by atoms with Gasteiger partial charge < -0.3 is 15.0 Å². The number of alkyl carbamates (subject to hydrolysis) is 1. The number of anilines is 1. The Morgan fingerprint density at radius 3 is 2.69 bits per heavy atom. The van der Waals surface area contributed by atoms with Crippen LogP contribution in [0.5, 0.6) is 0 Å². The minimum atomic E-state index is -3.12. The van der Waals surface area contributed by atoms with Crippen molar-refractivity contribution < 1.29 is 22.7 Å². The average Bonchev–Trinajstić information content (AvgIpc) is 3.02. The molecule has 2 atom stereocenters. The van der Waals surface area contributed by atoms with Crippen molar-refractivity contribution in [1.82, 2.24) is 5.32 Å². The van der Waals surface area contributed by atoms with Crippen molar-refractivity contribution >= 4 is 44.5 Å². The summed E-state index contributed by atoms with van der Waals surface area (Å²) in [5.74, 6) is -0.436. The highest BCUT2D eigenvalue weighted by Crippen LogP contribution is 2.41. The standard InChI is InChI=1S/C19H25N3O5S2/c1-12-6-5-7-13(8-12)22-14-10-29(25,26)11-15(14)28-17(22)21-16(23)9-20-18(24)27-19(2,3)4/h5-8,14-15H,9-11H2,1-4H3,(H,20,24)/t14-,15+/m0/s1. The second kappa shape index (κ2) is 7.98. The molecule has 1 aromatic rings. The molecule has 0 radical (unpaired) electrons. The number of hydrogen-bond acceptors (Lipinski definition) is 6. The van der Waals surface area contributed by atoms with Crippen LogP contribution in [0.1, 0.15) is 26.3 Å². The fraction of sp³-hybridized carbons (Fsp3) is 0.526. The van der Waals surface area contributed by atoms with Crippen LogP contribution in [0.25, 0.3) is 0 Å². The van der Waals surface area contributed by atoms with Gasteiger partial charge in [-0.2, -0.15) is 4.99 Å². The van der Waals surface area contributed by atoms with Crippen LogP contribution < -0.4 is 10.2 Å². The van der Waals surface area contributed by atoms with Gasteiger partial charge in [0, 0.05) is 10.9 Å². The summed E-state index contributed by atoms with van der Waals surface area (Å²) in [6.07, 6.45) is -0.691. The maximum atomic E-state index is 12.3. The van der Waals surface area contributed by atoms with E-state index in [1.807, 2.05) is 36.1 Å². The zero-order chi connectivity index (χ0) is 21.4. The van der Waals surface area contributed by atoms with Gasteiger partial charge in [-0.05, 0) is 45.4 Å². The van der Waals surface area contributed by atoms with Gasteiger partial charge in [-0.3, -0.25) is 4.79 Å². The Balaban J connectivity index is 1.78. The van der Waals surface area contributed by atoms with Crippen molar-refractivity contribution in [1.29, 1.82) is 0 Å². The Hall–Kier alpha value is -2.07. The van der Waals surface area contributed by atoms with E-state index in [2.05, 4.69) is 10.3 Å². The van der Waals surface area contributed by atoms with Gasteiger partial charge in [0.25, 0.3) is 5.91 Å². The minimum Gasteiger partial charge on any atom is -0.444 e. The molecule has 0 aromatic heterocycles. The summed E-state index contributed by atoms with van der Waals surface area (Å²) >= 11 is 1.30. The molecule has 2 amide bonds. The van der Waals surface area contributed by atoms with Crippen molar-refractivity contribution in [3.8, 4) is 0 Å². The molecule has 3 rings (SSSR count). The minimum absolute atomic E-state index is 0.0297. The Bertz CT molecular complexity index is 953. The number of benzene rings is 1. The van der Waals surface area contributed by atoms with Crippen LogP contribution in [0.2, 0.25) is 0 Å². The van der Waals surface area contributed by atoms with E-state index in [1.165, 1.54) is 11.8 Å². The molecule has 1 aromatic carbocycles. The molecule has 10 heteroatoms. The molecule has 2 saturated heterocycles. The van der Waals surface area contributed by atoms with E-state index >= 15 is 0 Å². The van der Waals surface area contributed by atoms with Crippen molar-refractivity contribution in [3.63, 3.8) is 0 Å². The molecule has 29 heavy (non-hydrogen) atoms. The van der Waals surface area contributed by atoms with Gasteiger partial charge in [0.1, 0.15) is 12.1 Å². The quantitative estimate of drug-likeness (QED) is 0.769. The van der Waals surface area contributed by atoms with E-state index in [0.29, 0.717) is 5.17 Å². The summed E-state index contributed by atoms with van der Waals surface area (Å²) in [6, 6.07) is 7.38. The van der Waals surface area contributed by atoms with Crippen LogP contribution in [0, 0.1) is 6.92 Å². The van der Waals surface area contributed by atoms with Crippen molar-refractivity contribution in [2.75, 3.05) is 23.0 Å². The first kappa shape index (κ1) is 21.6. The molecule has 0 unspecified atom stereocenters. The van der Waals surface area contributed by atoms with Crippen LogP contribution in [-0.2, 0) is 19.4 Å². The first-order chi connectivity index (χ1) is 13.4. The van der Waals surface area contributed by atoms with E-state index in [1.54, 1.807) is 20.8 Å². The molecule has 8 nitrogen and oxygen atoms in total. The Kier molecular flexibility index (Phi) is 5.96. The molecular weight excluding hydrogens is 414 g/mol. The molecule has 2 heterocycles. The average molecular weight is 440 g/mol. The maximum Gasteiger partial charge on any atom is 0.408 e. The summed E-state index contributed by atoms with van der Waals surface area (Å²) in [4.78, 5) is 30.1. The summed E-state index contributed by atoms with van der Waals surface area (Å²) in [7, 11) is -3.12. The zero-order valence-corrected chi connectivity index (χ0v) is 18.5. The van der Waals surface area contributed by atoms with Gasteiger partial charge in [0.05, 0.1) is 17.5 Å².